The number of Topliss-reactive ketones (excluding diaryl/α,β-unsaturated/α-hetero) is 1. The van der Waals surface area contributed by atoms with Gasteiger partial charge in [-0.2, -0.15) is 5.26 Å². The van der Waals surface area contributed by atoms with Gasteiger partial charge in [-0.05, 0) is 65.2 Å². The Morgan fingerprint density at radius 1 is 1.18 bits per heavy atom. The number of nitrogens with two attached hydrogens (primary N) is 1. The fourth-order valence-corrected chi connectivity index (χ4v) is 6.80. The van der Waals surface area contributed by atoms with Gasteiger partial charge in [0.05, 0.1) is 42.0 Å². The van der Waals surface area contributed by atoms with Crippen molar-refractivity contribution < 1.29 is 9.53 Å². The van der Waals surface area contributed by atoms with Crippen LogP contribution in [0.25, 0.3) is 11.0 Å². The van der Waals surface area contributed by atoms with Crippen LogP contribution in [0.1, 0.15) is 43.0 Å². The molecule has 196 valence electrons. The smallest absolute Gasteiger partial charge is 0.162 e. The van der Waals surface area contributed by atoms with E-state index in [1.54, 1.807) is 18.4 Å². The highest BCUT2D eigenvalue weighted by Gasteiger charge is 2.45. The molecule has 2 aromatic carbocycles. The van der Waals surface area contributed by atoms with Gasteiger partial charge in [0.1, 0.15) is 11.6 Å². The van der Waals surface area contributed by atoms with Crippen LogP contribution in [0.2, 0.25) is 0 Å². The quantitative estimate of drug-likeness (QED) is 0.332. The van der Waals surface area contributed by atoms with Crippen molar-refractivity contribution in [2.75, 3.05) is 12.0 Å². The number of carbonyl (C=O) groups excluding carboxylic acids is 1. The highest BCUT2D eigenvalue weighted by Crippen LogP contribution is 2.51. The van der Waals surface area contributed by atoms with Gasteiger partial charge in [0.15, 0.2) is 5.78 Å². The Labute approximate surface area is 231 Å². The molecule has 7 nitrogen and oxygen atoms in total. The first kappa shape index (κ1) is 25.0. The molecule has 4 aromatic rings. The Hall–Kier alpha value is -4.35. The summed E-state index contributed by atoms with van der Waals surface area (Å²) >= 11 is 1.57. The van der Waals surface area contributed by atoms with Gasteiger partial charge in [-0.25, -0.2) is 4.98 Å². The summed E-state index contributed by atoms with van der Waals surface area (Å²) in [5.41, 5.74) is 12.4. The first-order valence-electron chi connectivity index (χ1n) is 12.9. The number of methoxy groups -OCH3 is 1. The molecule has 0 saturated heterocycles. The SMILES string of the molecule is COc1ccc(N2C(N)=C(C#N)[C@H](c3cc(Cn4cnc5ccccc54)cs3)C3=C2CC(C)(C)CC3=O)cc1. The van der Waals surface area contributed by atoms with Crippen LogP contribution in [0.3, 0.4) is 0 Å². The minimum atomic E-state index is -0.485. The first-order valence-corrected chi connectivity index (χ1v) is 13.7. The number of imidazole rings is 1. The molecule has 8 heteroatoms. The highest BCUT2D eigenvalue weighted by atomic mass is 32.1. The minimum Gasteiger partial charge on any atom is -0.497 e. The molecule has 0 unspecified atom stereocenters. The minimum absolute atomic E-state index is 0.0700. The predicted molar refractivity (Wildman–Crippen MR) is 153 cm³/mol. The van der Waals surface area contributed by atoms with E-state index < -0.39 is 5.92 Å². The lowest BCUT2D eigenvalue weighted by molar-refractivity contribution is -0.118. The largest absolute Gasteiger partial charge is 0.497 e. The summed E-state index contributed by atoms with van der Waals surface area (Å²) in [6, 6.07) is 20.1. The fourth-order valence-electron chi connectivity index (χ4n) is 5.78. The number of fused-ring (bicyclic) bond motifs is 1. The molecule has 2 N–H and O–H groups in total. The molecule has 2 aromatic heterocycles. The van der Waals surface area contributed by atoms with Crippen molar-refractivity contribution in [1.82, 2.24) is 9.55 Å². The average Bonchev–Trinajstić information content (AvgIpc) is 3.55. The van der Waals surface area contributed by atoms with Crippen molar-refractivity contribution >= 4 is 33.8 Å². The van der Waals surface area contributed by atoms with Gasteiger partial charge >= 0.3 is 0 Å². The second-order valence-electron chi connectivity index (χ2n) is 10.9. The third kappa shape index (κ3) is 4.29. The van der Waals surface area contributed by atoms with Crippen molar-refractivity contribution in [3.05, 3.63) is 99.4 Å². The molecular weight excluding hydrogens is 506 g/mol. The molecule has 0 amide bonds. The van der Waals surface area contributed by atoms with Crippen LogP contribution in [0.5, 0.6) is 5.75 Å². The van der Waals surface area contributed by atoms with Crippen LogP contribution in [-0.4, -0.2) is 22.4 Å². The maximum Gasteiger partial charge on any atom is 0.162 e. The normalized spacial score (nSPS) is 18.9. The number of hydrogen-bond acceptors (Lipinski definition) is 7. The van der Waals surface area contributed by atoms with Crippen molar-refractivity contribution in [2.45, 2.75) is 39.2 Å². The Bertz CT molecular complexity index is 1700. The molecule has 1 aliphatic carbocycles. The molecule has 0 bridgehead atoms. The lowest BCUT2D eigenvalue weighted by Crippen LogP contribution is -2.42. The number of nitrogens with zero attached hydrogens (tertiary/aromatic N) is 4. The Balaban J connectivity index is 1.45. The standard InChI is InChI=1S/C31H29N5O2S/c1-31(2)13-25-29(26(37)14-31)28(22(15-32)30(33)36(25)20-8-10-21(38-3)11-9-20)27-12-19(17-39-27)16-35-18-34-23-6-4-5-7-24(23)35/h4-12,17-18,28H,13-14,16,33H2,1-3H3/t28-/m1/s1. The van der Waals surface area contributed by atoms with Gasteiger partial charge in [0.2, 0.25) is 0 Å². The number of para-hydroxylation sites is 2. The van der Waals surface area contributed by atoms with Gasteiger partial charge in [-0.3, -0.25) is 9.69 Å². The number of hydrogen-bond donors (Lipinski definition) is 1. The molecule has 0 fully saturated rings. The summed E-state index contributed by atoms with van der Waals surface area (Å²) in [7, 11) is 1.62. The van der Waals surface area contributed by atoms with Crippen LogP contribution >= 0.6 is 11.3 Å². The molecule has 39 heavy (non-hydrogen) atoms. The van der Waals surface area contributed by atoms with E-state index in [1.165, 1.54) is 0 Å². The number of rotatable bonds is 5. The van der Waals surface area contributed by atoms with Gasteiger partial charge in [0, 0.05) is 34.8 Å². The third-order valence-corrected chi connectivity index (χ3v) is 8.60. The number of carbonyl (C=O) groups is 1. The number of thiophene rings is 1. The number of allylic oxidation sites excluding steroid dienone is 3. The topological polar surface area (TPSA) is 97.2 Å². The van der Waals surface area contributed by atoms with Crippen LogP contribution in [0.4, 0.5) is 5.69 Å². The molecule has 0 spiro atoms. The molecule has 2 aliphatic rings. The number of ether oxygens (including phenoxy) is 1. The number of nitriles is 1. The van der Waals surface area contributed by atoms with Gasteiger partial charge in [-0.15, -0.1) is 11.3 Å². The number of anilines is 1. The monoisotopic (exact) mass is 535 g/mol. The zero-order chi connectivity index (χ0) is 27.3. The van der Waals surface area contributed by atoms with E-state index in [1.807, 2.05) is 53.7 Å². The second-order valence-corrected chi connectivity index (χ2v) is 11.8. The Morgan fingerprint density at radius 2 is 1.95 bits per heavy atom. The molecular formula is C31H29N5O2S. The maximum atomic E-state index is 13.8. The van der Waals surface area contributed by atoms with E-state index in [0.717, 1.165) is 38.6 Å². The van der Waals surface area contributed by atoms with Gasteiger partial charge < -0.3 is 15.0 Å². The van der Waals surface area contributed by atoms with Crippen LogP contribution in [-0.2, 0) is 11.3 Å². The summed E-state index contributed by atoms with van der Waals surface area (Å²) in [5, 5.41) is 12.5. The predicted octanol–water partition coefficient (Wildman–Crippen LogP) is 6.10. The van der Waals surface area contributed by atoms with Crippen LogP contribution in [0, 0.1) is 16.7 Å². The molecule has 6 rings (SSSR count). The van der Waals surface area contributed by atoms with E-state index in [2.05, 4.69) is 47.0 Å². The first-order chi connectivity index (χ1) is 18.8. The van der Waals surface area contributed by atoms with E-state index in [0.29, 0.717) is 36.4 Å². The van der Waals surface area contributed by atoms with Crippen molar-refractivity contribution in [2.24, 2.45) is 11.1 Å². The van der Waals surface area contributed by atoms with E-state index in [-0.39, 0.29) is 11.2 Å². The maximum absolute atomic E-state index is 13.8. The fraction of sp³-hybridized carbons (Fsp3) is 0.258. The number of ketones is 1. The molecule has 1 atom stereocenters. The van der Waals surface area contributed by atoms with E-state index in [9.17, 15) is 10.1 Å². The molecule has 0 radical (unpaired) electrons. The van der Waals surface area contributed by atoms with E-state index in [4.69, 9.17) is 10.5 Å². The summed E-state index contributed by atoms with van der Waals surface area (Å²) in [6.45, 7) is 4.86. The Kier molecular flexibility index (Phi) is 6.04. The Morgan fingerprint density at radius 3 is 2.69 bits per heavy atom. The zero-order valence-electron chi connectivity index (χ0n) is 22.1. The van der Waals surface area contributed by atoms with Crippen molar-refractivity contribution in [3.63, 3.8) is 0 Å². The van der Waals surface area contributed by atoms with Gasteiger partial charge in [0.25, 0.3) is 0 Å². The highest BCUT2D eigenvalue weighted by molar-refractivity contribution is 7.10. The number of aromatic nitrogens is 2. The van der Waals surface area contributed by atoms with Crippen LogP contribution < -0.4 is 15.4 Å². The molecule has 0 saturated carbocycles. The lowest BCUT2D eigenvalue weighted by atomic mass is 9.69. The molecule has 3 heterocycles. The lowest BCUT2D eigenvalue weighted by Gasteiger charge is -2.43. The van der Waals surface area contributed by atoms with Gasteiger partial charge in [-0.1, -0.05) is 26.0 Å². The van der Waals surface area contributed by atoms with E-state index >= 15 is 0 Å². The second kappa shape index (κ2) is 9.44. The summed E-state index contributed by atoms with van der Waals surface area (Å²) in [6.07, 6.45) is 2.95. The van der Waals surface area contributed by atoms with Crippen LogP contribution in [0.15, 0.2) is 89.0 Å². The third-order valence-electron chi connectivity index (χ3n) is 7.55. The summed E-state index contributed by atoms with van der Waals surface area (Å²) in [5.74, 6) is 0.678. The van der Waals surface area contributed by atoms with Crippen molar-refractivity contribution in [1.29, 1.82) is 5.26 Å². The summed E-state index contributed by atoms with van der Waals surface area (Å²) in [4.78, 5) is 21.1. The zero-order valence-corrected chi connectivity index (χ0v) is 23.0. The average molecular weight is 536 g/mol. The summed E-state index contributed by atoms with van der Waals surface area (Å²) < 4.78 is 7.45. The molecule has 1 aliphatic heterocycles. The number of benzene rings is 2. The van der Waals surface area contributed by atoms with Crippen molar-refractivity contribution in [3.8, 4) is 11.8 Å².